The predicted molar refractivity (Wildman–Crippen MR) is 113 cm³/mol. The van der Waals surface area contributed by atoms with Gasteiger partial charge < -0.3 is 9.88 Å². The third kappa shape index (κ3) is 3.36. The van der Waals surface area contributed by atoms with E-state index < -0.39 is 17.9 Å². The van der Waals surface area contributed by atoms with E-state index in [0.717, 1.165) is 15.9 Å². The zero-order chi connectivity index (χ0) is 21.4. The normalized spacial score (nSPS) is 14.5. The lowest BCUT2D eigenvalue weighted by atomic mass is 10.0. The Bertz CT molecular complexity index is 1110. The highest BCUT2D eigenvalue weighted by molar-refractivity contribution is 6.22. The van der Waals surface area contributed by atoms with Crippen LogP contribution in [0.1, 0.15) is 46.8 Å². The van der Waals surface area contributed by atoms with Crippen molar-refractivity contribution in [2.24, 2.45) is 13.0 Å². The van der Waals surface area contributed by atoms with Gasteiger partial charge in [-0.2, -0.15) is 0 Å². The molecule has 0 saturated heterocycles. The standard InChI is InChI=1S/C23H24N4O3/c1-14(2)12-19(27-22(29)15-8-4-5-9-16(15)23(27)30)21(28)24-13-20-25-17-10-6-7-11-18(17)26(20)3/h4-11,14,19H,12-13H2,1-3H3,(H,24,28). The lowest BCUT2D eigenvalue weighted by Gasteiger charge is -2.26. The number of carbonyl (C=O) groups is 3. The van der Waals surface area contributed by atoms with Gasteiger partial charge in [-0.1, -0.05) is 38.1 Å². The molecule has 3 amide bonds. The molecule has 3 aromatic rings. The van der Waals surface area contributed by atoms with Gasteiger partial charge >= 0.3 is 0 Å². The smallest absolute Gasteiger partial charge is 0.262 e. The first-order chi connectivity index (χ1) is 14.4. The molecular formula is C23H24N4O3. The van der Waals surface area contributed by atoms with Crippen LogP contribution in [-0.4, -0.2) is 38.2 Å². The number of nitrogens with zero attached hydrogens (tertiary/aromatic N) is 3. The minimum absolute atomic E-state index is 0.126. The Labute approximate surface area is 174 Å². The van der Waals surface area contributed by atoms with Crippen LogP contribution in [0.25, 0.3) is 11.0 Å². The number of nitrogens with one attached hydrogen (secondary N) is 1. The van der Waals surface area contributed by atoms with Gasteiger partial charge in [-0.3, -0.25) is 19.3 Å². The molecule has 0 aliphatic carbocycles. The number of carbonyl (C=O) groups excluding carboxylic acids is 3. The summed E-state index contributed by atoms with van der Waals surface area (Å²) in [7, 11) is 1.90. The number of hydrogen-bond acceptors (Lipinski definition) is 4. The molecule has 0 saturated carbocycles. The van der Waals surface area contributed by atoms with Crippen molar-refractivity contribution in [3.05, 3.63) is 65.5 Å². The quantitative estimate of drug-likeness (QED) is 0.640. The Kier molecular flexibility index (Phi) is 5.11. The van der Waals surface area contributed by atoms with Gasteiger partial charge in [0.2, 0.25) is 5.91 Å². The van der Waals surface area contributed by atoms with Crippen LogP contribution >= 0.6 is 0 Å². The Hall–Kier alpha value is -3.48. The number of aryl methyl sites for hydroxylation is 1. The number of imidazole rings is 1. The number of imide groups is 1. The van der Waals surface area contributed by atoms with Crippen molar-refractivity contribution in [1.29, 1.82) is 0 Å². The number of rotatable bonds is 6. The first-order valence-corrected chi connectivity index (χ1v) is 10.0. The van der Waals surface area contributed by atoms with E-state index >= 15 is 0 Å². The summed E-state index contributed by atoms with van der Waals surface area (Å²) in [6, 6.07) is 13.6. The van der Waals surface area contributed by atoms with Gasteiger partial charge in [-0.05, 0) is 36.6 Å². The summed E-state index contributed by atoms with van der Waals surface area (Å²) in [6.07, 6.45) is 0.389. The molecule has 30 heavy (non-hydrogen) atoms. The molecule has 154 valence electrons. The number of aromatic nitrogens is 2. The summed E-state index contributed by atoms with van der Waals surface area (Å²) in [5, 5.41) is 2.88. The predicted octanol–water partition coefficient (Wildman–Crippen LogP) is 2.90. The number of amides is 3. The molecule has 7 heteroatoms. The van der Waals surface area contributed by atoms with Gasteiger partial charge in [0.05, 0.1) is 28.7 Å². The van der Waals surface area contributed by atoms with Crippen molar-refractivity contribution in [2.45, 2.75) is 32.9 Å². The molecule has 0 radical (unpaired) electrons. The highest BCUT2D eigenvalue weighted by atomic mass is 16.2. The Balaban J connectivity index is 1.57. The van der Waals surface area contributed by atoms with Crippen LogP contribution in [0.3, 0.4) is 0 Å². The first kappa shape index (κ1) is 19.8. The molecule has 1 unspecified atom stereocenters. The summed E-state index contributed by atoms with van der Waals surface area (Å²) < 4.78 is 1.93. The van der Waals surface area contributed by atoms with Crippen molar-refractivity contribution in [2.75, 3.05) is 0 Å². The summed E-state index contributed by atoms with van der Waals surface area (Å²) >= 11 is 0. The molecule has 1 aliphatic rings. The Morgan fingerprint density at radius 3 is 2.20 bits per heavy atom. The molecule has 1 aromatic heterocycles. The fourth-order valence-corrected chi connectivity index (χ4v) is 3.90. The van der Waals surface area contributed by atoms with E-state index in [1.165, 1.54) is 0 Å². The van der Waals surface area contributed by atoms with E-state index in [1.807, 2.05) is 49.7 Å². The number of benzene rings is 2. The molecule has 1 atom stereocenters. The maximum absolute atomic E-state index is 13.1. The molecular weight excluding hydrogens is 380 g/mol. The highest BCUT2D eigenvalue weighted by Gasteiger charge is 2.42. The van der Waals surface area contributed by atoms with Gasteiger partial charge in [0.1, 0.15) is 11.9 Å². The number of fused-ring (bicyclic) bond motifs is 2. The monoisotopic (exact) mass is 404 g/mol. The van der Waals surface area contributed by atoms with Crippen molar-refractivity contribution in [1.82, 2.24) is 19.8 Å². The lowest BCUT2D eigenvalue weighted by Crippen LogP contribution is -2.50. The molecule has 0 spiro atoms. The third-order valence-corrected chi connectivity index (χ3v) is 5.43. The Morgan fingerprint density at radius 1 is 1.00 bits per heavy atom. The zero-order valence-corrected chi connectivity index (χ0v) is 17.3. The van der Waals surface area contributed by atoms with Crippen LogP contribution < -0.4 is 5.32 Å². The van der Waals surface area contributed by atoms with Crippen LogP contribution in [0, 0.1) is 5.92 Å². The van der Waals surface area contributed by atoms with Gasteiger partial charge in [0.15, 0.2) is 0 Å². The maximum Gasteiger partial charge on any atom is 0.262 e. The Morgan fingerprint density at radius 2 is 1.60 bits per heavy atom. The van der Waals surface area contributed by atoms with Gasteiger partial charge in [-0.15, -0.1) is 0 Å². The SMILES string of the molecule is CC(C)CC(C(=O)NCc1nc2ccccc2n1C)N1C(=O)c2ccccc2C1=O. The first-order valence-electron chi connectivity index (χ1n) is 10.0. The average molecular weight is 404 g/mol. The summed E-state index contributed by atoms with van der Waals surface area (Å²) in [6.45, 7) is 4.13. The van der Waals surface area contributed by atoms with E-state index in [2.05, 4.69) is 10.3 Å². The van der Waals surface area contributed by atoms with E-state index in [-0.39, 0.29) is 18.4 Å². The molecule has 4 rings (SSSR count). The van der Waals surface area contributed by atoms with Gasteiger partial charge in [-0.25, -0.2) is 4.98 Å². The van der Waals surface area contributed by atoms with Crippen molar-refractivity contribution < 1.29 is 14.4 Å². The lowest BCUT2D eigenvalue weighted by molar-refractivity contribution is -0.125. The fourth-order valence-electron chi connectivity index (χ4n) is 3.90. The molecule has 0 bridgehead atoms. The van der Waals surface area contributed by atoms with Gasteiger partial charge in [0.25, 0.3) is 11.8 Å². The molecule has 0 fully saturated rings. The maximum atomic E-state index is 13.1. The average Bonchev–Trinajstić information content (AvgIpc) is 3.19. The fraction of sp³-hybridized carbons (Fsp3) is 0.304. The molecule has 1 aliphatic heterocycles. The van der Waals surface area contributed by atoms with Crippen molar-refractivity contribution >= 4 is 28.8 Å². The van der Waals surface area contributed by atoms with E-state index in [9.17, 15) is 14.4 Å². The van der Waals surface area contributed by atoms with Crippen molar-refractivity contribution in [3.63, 3.8) is 0 Å². The third-order valence-electron chi connectivity index (χ3n) is 5.43. The minimum atomic E-state index is -0.868. The molecule has 2 aromatic carbocycles. The molecule has 7 nitrogen and oxygen atoms in total. The second-order valence-corrected chi connectivity index (χ2v) is 7.96. The molecule has 1 N–H and O–H groups in total. The number of para-hydroxylation sites is 2. The van der Waals surface area contributed by atoms with Crippen LogP contribution in [0.2, 0.25) is 0 Å². The van der Waals surface area contributed by atoms with Crippen LogP contribution in [-0.2, 0) is 18.4 Å². The van der Waals surface area contributed by atoms with E-state index in [4.69, 9.17) is 0 Å². The summed E-state index contributed by atoms with van der Waals surface area (Å²) in [5.41, 5.74) is 2.52. The van der Waals surface area contributed by atoms with E-state index in [1.54, 1.807) is 24.3 Å². The highest BCUT2D eigenvalue weighted by Crippen LogP contribution is 2.27. The number of hydrogen-bond donors (Lipinski definition) is 1. The largest absolute Gasteiger partial charge is 0.347 e. The topological polar surface area (TPSA) is 84.3 Å². The second kappa shape index (κ2) is 7.74. The van der Waals surface area contributed by atoms with Gasteiger partial charge in [0, 0.05) is 7.05 Å². The van der Waals surface area contributed by atoms with E-state index in [0.29, 0.717) is 23.4 Å². The van der Waals surface area contributed by atoms with Crippen LogP contribution in [0.5, 0.6) is 0 Å². The molecule has 2 heterocycles. The zero-order valence-electron chi connectivity index (χ0n) is 17.3. The summed E-state index contributed by atoms with van der Waals surface area (Å²) in [4.78, 5) is 44.6. The minimum Gasteiger partial charge on any atom is -0.347 e. The summed E-state index contributed by atoms with van der Waals surface area (Å²) in [5.74, 6) is -0.362. The van der Waals surface area contributed by atoms with Crippen LogP contribution in [0.15, 0.2) is 48.5 Å². The van der Waals surface area contributed by atoms with Crippen LogP contribution in [0.4, 0.5) is 0 Å². The van der Waals surface area contributed by atoms with Crippen molar-refractivity contribution in [3.8, 4) is 0 Å². The second-order valence-electron chi connectivity index (χ2n) is 7.96.